The van der Waals surface area contributed by atoms with E-state index < -0.39 is 0 Å². The van der Waals surface area contributed by atoms with Crippen LogP contribution in [0.3, 0.4) is 0 Å². The van der Waals surface area contributed by atoms with Crippen molar-refractivity contribution >= 4 is 17.3 Å². The molecule has 3 aromatic rings. The van der Waals surface area contributed by atoms with Crippen LogP contribution in [0.4, 0.5) is 11.4 Å². The van der Waals surface area contributed by atoms with Crippen LogP contribution in [0, 0.1) is 0 Å². The largest absolute Gasteiger partial charge is 0.493 e. The Morgan fingerprint density at radius 3 is 2.14 bits per heavy atom. The lowest BCUT2D eigenvalue weighted by atomic mass is 10.1. The third-order valence-corrected chi connectivity index (χ3v) is 4.89. The van der Waals surface area contributed by atoms with E-state index in [0.717, 1.165) is 16.9 Å². The van der Waals surface area contributed by atoms with Crippen molar-refractivity contribution in [3.8, 4) is 11.5 Å². The molecule has 0 bridgehead atoms. The van der Waals surface area contributed by atoms with Gasteiger partial charge in [-0.2, -0.15) is 0 Å². The number of para-hydroxylation sites is 2. The molecule has 1 heterocycles. The first-order valence-corrected chi connectivity index (χ1v) is 9.35. The average Bonchev–Trinajstić information content (AvgIpc) is 3.10. The van der Waals surface area contributed by atoms with Crippen LogP contribution >= 0.6 is 0 Å². The van der Waals surface area contributed by atoms with E-state index in [1.165, 1.54) is 0 Å². The number of ether oxygens (including phenoxy) is 2. The van der Waals surface area contributed by atoms with Crippen LogP contribution < -0.4 is 19.7 Å². The summed E-state index contributed by atoms with van der Waals surface area (Å²) >= 11 is 0. The van der Waals surface area contributed by atoms with Gasteiger partial charge < -0.3 is 14.8 Å². The van der Waals surface area contributed by atoms with Crippen molar-refractivity contribution in [3.63, 3.8) is 0 Å². The molecule has 146 valence electrons. The lowest BCUT2D eigenvalue weighted by Gasteiger charge is -2.25. The standard InChI is InChI=1S/C24H22N2O3/c1-28-22-14-13-17(15-23(22)29-2)21-16-20(25-18-9-5-3-6-10-18)24(27)26(21)19-11-7-4-8-12-19/h3-16,21,25H,1-2H3/t21-/m1/s1. The first-order chi connectivity index (χ1) is 14.2. The molecule has 1 aliphatic rings. The topological polar surface area (TPSA) is 50.8 Å². The Hall–Kier alpha value is -3.73. The molecule has 1 N–H and O–H groups in total. The van der Waals surface area contributed by atoms with Gasteiger partial charge in [0.25, 0.3) is 5.91 Å². The molecule has 0 fully saturated rings. The second-order valence-electron chi connectivity index (χ2n) is 6.64. The van der Waals surface area contributed by atoms with Crippen molar-refractivity contribution in [1.29, 1.82) is 0 Å². The van der Waals surface area contributed by atoms with Crippen molar-refractivity contribution in [2.75, 3.05) is 24.4 Å². The van der Waals surface area contributed by atoms with Crippen LogP contribution in [0.5, 0.6) is 11.5 Å². The summed E-state index contributed by atoms with van der Waals surface area (Å²) in [7, 11) is 3.21. The number of methoxy groups -OCH3 is 2. The van der Waals surface area contributed by atoms with Gasteiger partial charge >= 0.3 is 0 Å². The lowest BCUT2D eigenvalue weighted by Crippen LogP contribution is -2.30. The van der Waals surface area contributed by atoms with Gasteiger partial charge in [-0.25, -0.2) is 0 Å². The molecular weight excluding hydrogens is 364 g/mol. The molecule has 0 radical (unpaired) electrons. The summed E-state index contributed by atoms with van der Waals surface area (Å²) in [6, 6.07) is 24.8. The maximum atomic E-state index is 13.3. The fraction of sp³-hybridized carbons (Fsp3) is 0.125. The fourth-order valence-electron chi connectivity index (χ4n) is 3.48. The second kappa shape index (κ2) is 8.10. The first-order valence-electron chi connectivity index (χ1n) is 9.35. The molecular formula is C24H22N2O3. The summed E-state index contributed by atoms with van der Waals surface area (Å²) in [6.45, 7) is 0. The van der Waals surface area contributed by atoms with E-state index in [-0.39, 0.29) is 11.9 Å². The van der Waals surface area contributed by atoms with Gasteiger partial charge in [0.1, 0.15) is 5.70 Å². The molecule has 1 atom stereocenters. The quantitative estimate of drug-likeness (QED) is 0.662. The van der Waals surface area contributed by atoms with Crippen LogP contribution in [-0.2, 0) is 4.79 Å². The van der Waals surface area contributed by atoms with Crippen LogP contribution in [0.15, 0.2) is 90.6 Å². The molecule has 0 aromatic heterocycles. The Kier molecular flexibility index (Phi) is 5.20. The highest BCUT2D eigenvalue weighted by molar-refractivity contribution is 6.11. The SMILES string of the molecule is COc1ccc([C@H]2C=C(Nc3ccccc3)C(=O)N2c2ccccc2)cc1OC. The van der Waals surface area contributed by atoms with E-state index in [4.69, 9.17) is 9.47 Å². The van der Waals surface area contributed by atoms with E-state index in [1.807, 2.05) is 84.9 Å². The molecule has 0 spiro atoms. The molecule has 0 saturated carbocycles. The molecule has 5 nitrogen and oxygen atoms in total. The molecule has 1 amide bonds. The number of nitrogens with zero attached hydrogens (tertiary/aromatic N) is 1. The number of benzene rings is 3. The van der Waals surface area contributed by atoms with Gasteiger partial charge in [-0.1, -0.05) is 42.5 Å². The number of carbonyl (C=O) groups excluding carboxylic acids is 1. The van der Waals surface area contributed by atoms with Gasteiger partial charge in [-0.3, -0.25) is 9.69 Å². The first kappa shape index (κ1) is 18.6. The zero-order valence-corrected chi connectivity index (χ0v) is 16.3. The van der Waals surface area contributed by atoms with Gasteiger partial charge in [-0.05, 0) is 48.0 Å². The molecule has 3 aromatic carbocycles. The summed E-state index contributed by atoms with van der Waals surface area (Å²) in [5, 5.41) is 3.26. The minimum absolute atomic E-state index is 0.0835. The van der Waals surface area contributed by atoms with Crippen LogP contribution in [0.1, 0.15) is 11.6 Å². The van der Waals surface area contributed by atoms with Gasteiger partial charge in [-0.15, -0.1) is 0 Å². The number of hydrogen-bond acceptors (Lipinski definition) is 4. The molecule has 5 heteroatoms. The third-order valence-electron chi connectivity index (χ3n) is 4.89. The third kappa shape index (κ3) is 3.67. The second-order valence-corrected chi connectivity index (χ2v) is 6.64. The number of hydrogen-bond donors (Lipinski definition) is 1. The van der Waals surface area contributed by atoms with Gasteiger partial charge in [0.15, 0.2) is 11.5 Å². The van der Waals surface area contributed by atoms with Gasteiger partial charge in [0.05, 0.1) is 20.3 Å². The number of nitrogens with one attached hydrogen (secondary N) is 1. The number of anilines is 2. The van der Waals surface area contributed by atoms with Crippen molar-refractivity contribution in [1.82, 2.24) is 0 Å². The monoisotopic (exact) mass is 386 g/mol. The number of rotatable bonds is 6. The average molecular weight is 386 g/mol. The van der Waals surface area contributed by atoms with Crippen molar-refractivity contribution in [2.24, 2.45) is 0 Å². The molecule has 0 saturated heterocycles. The predicted molar refractivity (Wildman–Crippen MR) is 114 cm³/mol. The highest BCUT2D eigenvalue weighted by Crippen LogP contribution is 2.39. The summed E-state index contributed by atoms with van der Waals surface area (Å²) in [4.78, 5) is 15.1. The lowest BCUT2D eigenvalue weighted by molar-refractivity contribution is -0.114. The van der Waals surface area contributed by atoms with Gasteiger partial charge in [0, 0.05) is 11.4 Å². The maximum absolute atomic E-state index is 13.3. The summed E-state index contributed by atoms with van der Waals surface area (Å²) in [6.07, 6.45) is 1.95. The highest BCUT2D eigenvalue weighted by Gasteiger charge is 2.35. The number of carbonyl (C=O) groups is 1. The number of amides is 1. The Labute approximate surface area is 170 Å². The van der Waals surface area contributed by atoms with E-state index in [9.17, 15) is 4.79 Å². The van der Waals surface area contributed by atoms with Crippen molar-refractivity contribution in [2.45, 2.75) is 6.04 Å². The Bertz CT molecular complexity index is 1030. The zero-order valence-electron chi connectivity index (χ0n) is 16.3. The summed E-state index contributed by atoms with van der Waals surface area (Å²) in [5.41, 5.74) is 3.18. The summed E-state index contributed by atoms with van der Waals surface area (Å²) < 4.78 is 10.8. The zero-order chi connectivity index (χ0) is 20.2. The molecule has 0 aliphatic carbocycles. The van der Waals surface area contributed by atoms with Crippen LogP contribution in [-0.4, -0.2) is 20.1 Å². The van der Waals surface area contributed by atoms with Gasteiger partial charge in [0.2, 0.25) is 0 Å². The Morgan fingerprint density at radius 2 is 1.48 bits per heavy atom. The van der Waals surface area contributed by atoms with E-state index in [2.05, 4.69) is 5.32 Å². The highest BCUT2D eigenvalue weighted by atomic mass is 16.5. The molecule has 4 rings (SSSR count). The van der Waals surface area contributed by atoms with Crippen molar-refractivity contribution in [3.05, 3.63) is 96.2 Å². The maximum Gasteiger partial charge on any atom is 0.275 e. The normalized spacial score (nSPS) is 15.8. The van der Waals surface area contributed by atoms with Crippen LogP contribution in [0.2, 0.25) is 0 Å². The molecule has 0 unspecified atom stereocenters. The fourth-order valence-corrected chi connectivity index (χ4v) is 3.48. The molecule has 1 aliphatic heterocycles. The van der Waals surface area contributed by atoms with Crippen molar-refractivity contribution < 1.29 is 14.3 Å². The Balaban J connectivity index is 1.76. The molecule has 29 heavy (non-hydrogen) atoms. The van der Waals surface area contributed by atoms with E-state index in [0.29, 0.717) is 17.2 Å². The van der Waals surface area contributed by atoms with Crippen LogP contribution in [0.25, 0.3) is 0 Å². The Morgan fingerprint density at radius 1 is 0.828 bits per heavy atom. The van der Waals surface area contributed by atoms with E-state index >= 15 is 0 Å². The minimum Gasteiger partial charge on any atom is -0.493 e. The summed E-state index contributed by atoms with van der Waals surface area (Å²) in [5.74, 6) is 1.20. The van der Waals surface area contributed by atoms with E-state index in [1.54, 1.807) is 19.1 Å². The minimum atomic E-state index is -0.268. The smallest absolute Gasteiger partial charge is 0.275 e. The predicted octanol–water partition coefficient (Wildman–Crippen LogP) is 4.79.